The SMILES string of the molecule is Cc1cc(Cl)ccc1N1C(=O)C(Cl)=C(Nc2ccc(Oc3ccccc3)cc2)C1=O. The van der Waals surface area contributed by atoms with Crippen LogP contribution in [0.1, 0.15) is 5.56 Å². The maximum Gasteiger partial charge on any atom is 0.283 e. The molecule has 0 saturated heterocycles. The second-order valence-electron chi connectivity index (χ2n) is 6.63. The number of imide groups is 1. The third-order valence-corrected chi connectivity index (χ3v) is 5.12. The first-order valence-electron chi connectivity index (χ1n) is 9.09. The van der Waals surface area contributed by atoms with Gasteiger partial charge in [0, 0.05) is 10.7 Å². The third-order valence-electron chi connectivity index (χ3n) is 4.53. The molecule has 1 aliphatic heterocycles. The highest BCUT2D eigenvalue weighted by atomic mass is 35.5. The van der Waals surface area contributed by atoms with E-state index in [4.69, 9.17) is 27.9 Å². The number of para-hydroxylation sites is 1. The van der Waals surface area contributed by atoms with Crippen LogP contribution in [0.2, 0.25) is 5.02 Å². The van der Waals surface area contributed by atoms with Crippen LogP contribution in [0.25, 0.3) is 0 Å². The number of hydrogen-bond donors (Lipinski definition) is 1. The van der Waals surface area contributed by atoms with Gasteiger partial charge in [-0.15, -0.1) is 0 Å². The normalized spacial score (nSPS) is 13.8. The number of carbonyl (C=O) groups is 2. The van der Waals surface area contributed by atoms with Gasteiger partial charge in [0.15, 0.2) is 0 Å². The molecular weight excluding hydrogens is 423 g/mol. The summed E-state index contributed by atoms with van der Waals surface area (Å²) in [7, 11) is 0. The van der Waals surface area contributed by atoms with E-state index in [1.165, 1.54) is 0 Å². The van der Waals surface area contributed by atoms with Gasteiger partial charge in [-0.25, -0.2) is 4.90 Å². The van der Waals surface area contributed by atoms with E-state index in [1.54, 1.807) is 49.4 Å². The maximum absolute atomic E-state index is 12.9. The number of nitrogens with zero attached hydrogens (tertiary/aromatic N) is 1. The molecule has 5 nitrogen and oxygen atoms in total. The zero-order chi connectivity index (χ0) is 21.3. The lowest BCUT2D eigenvalue weighted by molar-refractivity contribution is -0.120. The summed E-state index contributed by atoms with van der Waals surface area (Å²) in [6, 6.07) is 21.3. The van der Waals surface area contributed by atoms with Crippen molar-refractivity contribution in [1.29, 1.82) is 0 Å². The van der Waals surface area contributed by atoms with E-state index < -0.39 is 11.8 Å². The second-order valence-corrected chi connectivity index (χ2v) is 7.44. The van der Waals surface area contributed by atoms with E-state index in [1.807, 2.05) is 30.3 Å². The fourth-order valence-electron chi connectivity index (χ4n) is 3.08. The van der Waals surface area contributed by atoms with Crippen LogP contribution < -0.4 is 15.0 Å². The molecule has 3 aromatic carbocycles. The number of aryl methyl sites for hydroxylation is 1. The smallest absolute Gasteiger partial charge is 0.283 e. The molecule has 0 radical (unpaired) electrons. The Bertz CT molecular complexity index is 1160. The van der Waals surface area contributed by atoms with Crippen LogP contribution in [0.4, 0.5) is 11.4 Å². The predicted molar refractivity (Wildman–Crippen MR) is 118 cm³/mol. The van der Waals surface area contributed by atoms with Gasteiger partial charge in [-0.3, -0.25) is 9.59 Å². The lowest BCUT2D eigenvalue weighted by Crippen LogP contribution is -2.32. The van der Waals surface area contributed by atoms with Crippen molar-refractivity contribution in [2.75, 3.05) is 10.2 Å². The van der Waals surface area contributed by atoms with Crippen molar-refractivity contribution in [2.45, 2.75) is 6.92 Å². The molecule has 1 aliphatic rings. The van der Waals surface area contributed by atoms with Gasteiger partial charge in [0.1, 0.15) is 22.2 Å². The summed E-state index contributed by atoms with van der Waals surface area (Å²) in [6.45, 7) is 1.77. The van der Waals surface area contributed by atoms with Crippen LogP contribution in [0.15, 0.2) is 83.5 Å². The van der Waals surface area contributed by atoms with E-state index in [2.05, 4.69) is 5.32 Å². The maximum atomic E-state index is 12.9. The number of rotatable bonds is 5. The van der Waals surface area contributed by atoms with Crippen molar-refractivity contribution in [3.05, 3.63) is 94.1 Å². The summed E-state index contributed by atoms with van der Waals surface area (Å²) >= 11 is 12.2. The lowest BCUT2D eigenvalue weighted by Gasteiger charge is -2.17. The van der Waals surface area contributed by atoms with E-state index in [0.29, 0.717) is 27.7 Å². The summed E-state index contributed by atoms with van der Waals surface area (Å²) in [5, 5.41) is 3.30. The molecule has 30 heavy (non-hydrogen) atoms. The minimum atomic E-state index is -0.585. The average molecular weight is 439 g/mol. The molecule has 0 fully saturated rings. The number of halogens is 2. The lowest BCUT2D eigenvalue weighted by atomic mass is 10.2. The number of ether oxygens (including phenoxy) is 1. The first-order valence-corrected chi connectivity index (χ1v) is 9.84. The minimum absolute atomic E-state index is 0.0211. The first-order chi connectivity index (χ1) is 14.4. The Morgan fingerprint density at radius 1 is 0.833 bits per heavy atom. The van der Waals surface area contributed by atoms with Crippen molar-refractivity contribution in [3.8, 4) is 11.5 Å². The van der Waals surface area contributed by atoms with Gasteiger partial charge in [0.25, 0.3) is 11.8 Å². The molecule has 4 rings (SSSR count). The fourth-order valence-corrected chi connectivity index (χ4v) is 3.51. The van der Waals surface area contributed by atoms with E-state index in [9.17, 15) is 9.59 Å². The summed E-state index contributed by atoms with van der Waals surface area (Å²) in [5.74, 6) is 0.243. The van der Waals surface area contributed by atoms with Crippen molar-refractivity contribution in [1.82, 2.24) is 0 Å². The molecular formula is C23H16Cl2N2O3. The van der Waals surface area contributed by atoms with Crippen molar-refractivity contribution < 1.29 is 14.3 Å². The zero-order valence-corrected chi connectivity index (χ0v) is 17.4. The topological polar surface area (TPSA) is 58.6 Å². The summed E-state index contributed by atoms with van der Waals surface area (Å²) < 4.78 is 5.75. The summed E-state index contributed by atoms with van der Waals surface area (Å²) in [4.78, 5) is 26.6. The van der Waals surface area contributed by atoms with Crippen molar-refractivity contribution in [2.24, 2.45) is 0 Å². The molecule has 0 unspecified atom stereocenters. The van der Waals surface area contributed by atoms with Gasteiger partial charge in [0.05, 0.1) is 5.69 Å². The Balaban J connectivity index is 1.53. The number of anilines is 2. The van der Waals surface area contributed by atoms with E-state index in [0.717, 1.165) is 10.6 Å². The summed E-state index contributed by atoms with van der Waals surface area (Å²) in [6.07, 6.45) is 0. The molecule has 2 amide bonds. The van der Waals surface area contributed by atoms with Gasteiger partial charge in [0.2, 0.25) is 0 Å². The Hall–Kier alpha value is -3.28. The van der Waals surface area contributed by atoms with Crippen LogP contribution >= 0.6 is 23.2 Å². The van der Waals surface area contributed by atoms with E-state index >= 15 is 0 Å². The Morgan fingerprint density at radius 2 is 1.50 bits per heavy atom. The largest absolute Gasteiger partial charge is 0.457 e. The average Bonchev–Trinajstić information content (AvgIpc) is 2.94. The Kier molecular flexibility index (Phi) is 5.48. The van der Waals surface area contributed by atoms with Crippen LogP contribution in [0, 0.1) is 6.92 Å². The standard InChI is InChI=1S/C23H16Cl2N2O3/c1-14-13-15(24)7-12-19(14)27-22(28)20(25)21(23(27)29)26-16-8-10-18(11-9-16)30-17-5-3-2-4-6-17/h2-13,26H,1H3. The quantitative estimate of drug-likeness (QED) is 0.505. The van der Waals surface area contributed by atoms with Gasteiger partial charge in [-0.05, 0) is 67.1 Å². The molecule has 0 aliphatic carbocycles. The molecule has 0 spiro atoms. The number of nitrogens with one attached hydrogen (secondary N) is 1. The Morgan fingerprint density at radius 3 is 2.17 bits per heavy atom. The van der Waals surface area contributed by atoms with Crippen LogP contribution in [-0.2, 0) is 9.59 Å². The molecule has 7 heteroatoms. The molecule has 150 valence electrons. The Labute approximate surface area is 183 Å². The first kappa shape index (κ1) is 20.0. The third kappa shape index (κ3) is 3.90. The van der Waals surface area contributed by atoms with Crippen LogP contribution in [0.5, 0.6) is 11.5 Å². The van der Waals surface area contributed by atoms with Crippen LogP contribution in [-0.4, -0.2) is 11.8 Å². The molecule has 1 heterocycles. The molecule has 0 saturated carbocycles. The highest BCUT2D eigenvalue weighted by Gasteiger charge is 2.39. The molecule has 0 bridgehead atoms. The van der Waals surface area contributed by atoms with Gasteiger partial charge >= 0.3 is 0 Å². The van der Waals surface area contributed by atoms with Crippen molar-refractivity contribution >= 4 is 46.4 Å². The predicted octanol–water partition coefficient (Wildman–Crippen LogP) is 5.88. The summed E-state index contributed by atoms with van der Waals surface area (Å²) in [5.41, 5.74) is 1.75. The fraction of sp³-hybridized carbons (Fsp3) is 0.0435. The number of carbonyl (C=O) groups excluding carboxylic acids is 2. The van der Waals surface area contributed by atoms with Crippen molar-refractivity contribution in [3.63, 3.8) is 0 Å². The monoisotopic (exact) mass is 438 g/mol. The van der Waals surface area contributed by atoms with Crippen LogP contribution in [0.3, 0.4) is 0 Å². The second kappa shape index (κ2) is 8.22. The number of hydrogen-bond acceptors (Lipinski definition) is 4. The molecule has 3 aromatic rings. The highest BCUT2D eigenvalue weighted by molar-refractivity contribution is 6.53. The molecule has 0 atom stereocenters. The zero-order valence-electron chi connectivity index (χ0n) is 15.9. The highest BCUT2D eigenvalue weighted by Crippen LogP contribution is 2.33. The number of benzene rings is 3. The van der Waals surface area contributed by atoms with Gasteiger partial charge < -0.3 is 10.1 Å². The van der Waals surface area contributed by atoms with Gasteiger partial charge in [-0.2, -0.15) is 0 Å². The van der Waals surface area contributed by atoms with E-state index in [-0.39, 0.29) is 10.7 Å². The van der Waals surface area contributed by atoms with Gasteiger partial charge in [-0.1, -0.05) is 41.4 Å². The minimum Gasteiger partial charge on any atom is -0.457 e. The number of amides is 2. The molecule has 0 aromatic heterocycles. The molecule has 1 N–H and O–H groups in total.